The molecule has 4 nitrogen and oxygen atoms in total. The first kappa shape index (κ1) is 25.3. The second-order valence-corrected chi connectivity index (χ2v) is 9.21. The van der Waals surface area contributed by atoms with Crippen molar-refractivity contribution in [1.29, 1.82) is 5.26 Å². The largest absolute Gasteiger partial charge is 0.369 e. The second-order valence-electron chi connectivity index (χ2n) is 8.39. The highest BCUT2D eigenvalue weighted by atomic mass is 35.5. The standard InChI is InChI=1S/C27H21Cl2FN2O2/c1-26(2,24-21(28)9-6-10-23(24)30)17-27(34,14-13-18-7-4-3-5-8-18)25(33)32-20-12-11-19(16-31)22(29)15-20/h3-12,15,34H,17H2,1-2H3,(H,32,33). The van der Waals surface area contributed by atoms with Gasteiger partial charge in [0.25, 0.3) is 5.91 Å². The first-order valence-corrected chi connectivity index (χ1v) is 11.1. The van der Waals surface area contributed by atoms with Crippen molar-refractivity contribution in [1.82, 2.24) is 0 Å². The maximum Gasteiger partial charge on any atom is 0.269 e. The molecule has 0 heterocycles. The monoisotopic (exact) mass is 494 g/mol. The van der Waals surface area contributed by atoms with Gasteiger partial charge in [0, 0.05) is 28.3 Å². The van der Waals surface area contributed by atoms with Crippen molar-refractivity contribution < 1.29 is 14.3 Å². The Morgan fingerprint density at radius 1 is 1.06 bits per heavy atom. The highest BCUT2D eigenvalue weighted by Crippen LogP contribution is 2.38. The van der Waals surface area contributed by atoms with Gasteiger partial charge in [-0.3, -0.25) is 4.79 Å². The number of anilines is 1. The van der Waals surface area contributed by atoms with Crippen LogP contribution in [0.5, 0.6) is 0 Å². The third-order valence-electron chi connectivity index (χ3n) is 5.25. The first-order chi connectivity index (χ1) is 16.1. The van der Waals surface area contributed by atoms with Crippen molar-refractivity contribution in [2.24, 2.45) is 0 Å². The summed E-state index contributed by atoms with van der Waals surface area (Å²) < 4.78 is 14.7. The molecule has 0 aliphatic rings. The van der Waals surface area contributed by atoms with Gasteiger partial charge in [-0.1, -0.05) is 73.2 Å². The summed E-state index contributed by atoms with van der Waals surface area (Å²) in [6.45, 7) is 3.36. The number of nitrogens with one attached hydrogen (secondary N) is 1. The Balaban J connectivity index is 2.02. The summed E-state index contributed by atoms with van der Waals surface area (Å²) in [5.41, 5.74) is -2.00. The van der Waals surface area contributed by atoms with E-state index >= 15 is 0 Å². The zero-order chi connectivity index (χ0) is 24.9. The Kier molecular flexibility index (Phi) is 7.64. The lowest BCUT2D eigenvalue weighted by Crippen LogP contribution is -2.46. The second kappa shape index (κ2) is 10.3. The van der Waals surface area contributed by atoms with E-state index in [0.717, 1.165) is 0 Å². The molecule has 0 aromatic heterocycles. The third-order valence-corrected chi connectivity index (χ3v) is 5.88. The fraction of sp³-hybridized carbons (Fsp3) is 0.185. The molecule has 7 heteroatoms. The zero-order valence-corrected chi connectivity index (χ0v) is 20.0. The zero-order valence-electron chi connectivity index (χ0n) is 18.5. The van der Waals surface area contributed by atoms with Crippen molar-refractivity contribution in [3.8, 4) is 17.9 Å². The molecule has 34 heavy (non-hydrogen) atoms. The SMILES string of the molecule is CC(C)(CC(O)(C#Cc1ccccc1)C(=O)Nc1ccc(C#N)c(Cl)c1)c1c(F)cccc1Cl. The number of rotatable bonds is 5. The lowest BCUT2D eigenvalue weighted by Gasteiger charge is -2.33. The normalized spacial score (nSPS) is 12.6. The molecule has 1 amide bonds. The van der Waals surface area contributed by atoms with Gasteiger partial charge in [0.15, 0.2) is 0 Å². The van der Waals surface area contributed by atoms with Gasteiger partial charge < -0.3 is 10.4 Å². The topological polar surface area (TPSA) is 73.1 Å². The maximum atomic E-state index is 14.7. The van der Waals surface area contributed by atoms with Crippen molar-refractivity contribution in [3.05, 3.63) is 99.3 Å². The van der Waals surface area contributed by atoms with Crippen LogP contribution < -0.4 is 5.32 Å². The van der Waals surface area contributed by atoms with Gasteiger partial charge in [0.1, 0.15) is 11.9 Å². The van der Waals surface area contributed by atoms with Gasteiger partial charge in [0.05, 0.1) is 10.6 Å². The summed E-state index contributed by atoms with van der Waals surface area (Å²) in [6.07, 6.45) is -0.254. The molecule has 0 saturated heterocycles. The summed E-state index contributed by atoms with van der Waals surface area (Å²) in [7, 11) is 0. The van der Waals surface area contributed by atoms with Gasteiger partial charge in [-0.2, -0.15) is 5.26 Å². The fourth-order valence-corrected chi connectivity index (χ4v) is 4.31. The smallest absolute Gasteiger partial charge is 0.269 e. The molecule has 0 aliphatic carbocycles. The molecule has 0 radical (unpaired) electrons. The fourth-order valence-electron chi connectivity index (χ4n) is 3.67. The Labute approximate surface area is 207 Å². The van der Waals surface area contributed by atoms with Crippen LogP contribution in [0.2, 0.25) is 10.0 Å². The van der Waals surface area contributed by atoms with E-state index in [1.54, 1.807) is 44.2 Å². The Morgan fingerprint density at radius 2 is 1.76 bits per heavy atom. The minimum atomic E-state index is -2.22. The van der Waals surface area contributed by atoms with E-state index in [4.69, 9.17) is 28.5 Å². The number of nitrogens with zero attached hydrogens (tertiary/aromatic N) is 1. The highest BCUT2D eigenvalue weighted by molar-refractivity contribution is 6.32. The van der Waals surface area contributed by atoms with Crippen LogP contribution in [0, 0.1) is 29.0 Å². The average molecular weight is 495 g/mol. The van der Waals surface area contributed by atoms with Gasteiger partial charge in [0.2, 0.25) is 5.60 Å². The number of benzene rings is 3. The van der Waals surface area contributed by atoms with Crippen LogP contribution in [0.3, 0.4) is 0 Å². The van der Waals surface area contributed by atoms with Crippen molar-refractivity contribution in [2.45, 2.75) is 31.3 Å². The van der Waals surface area contributed by atoms with Crippen molar-refractivity contribution in [2.75, 3.05) is 5.32 Å². The molecule has 0 spiro atoms. The summed E-state index contributed by atoms with van der Waals surface area (Å²) in [4.78, 5) is 13.3. The highest BCUT2D eigenvalue weighted by Gasteiger charge is 2.42. The van der Waals surface area contributed by atoms with Crippen molar-refractivity contribution >= 4 is 34.8 Å². The van der Waals surface area contributed by atoms with Crippen LogP contribution in [0.15, 0.2) is 66.7 Å². The third kappa shape index (κ3) is 5.76. The van der Waals surface area contributed by atoms with E-state index in [0.29, 0.717) is 5.56 Å². The number of hydrogen-bond donors (Lipinski definition) is 2. The number of amides is 1. The van der Waals surface area contributed by atoms with E-state index in [9.17, 15) is 14.3 Å². The minimum Gasteiger partial charge on any atom is -0.369 e. The molecular weight excluding hydrogens is 474 g/mol. The van der Waals surface area contributed by atoms with Gasteiger partial charge in [-0.25, -0.2) is 4.39 Å². The molecule has 0 saturated carbocycles. The number of nitriles is 1. The van der Waals surface area contributed by atoms with Crippen LogP contribution >= 0.6 is 23.2 Å². The molecule has 3 aromatic carbocycles. The molecular formula is C27H21Cl2FN2O2. The predicted molar refractivity (Wildman–Crippen MR) is 132 cm³/mol. The minimum absolute atomic E-state index is 0.151. The maximum absolute atomic E-state index is 14.7. The molecule has 3 rings (SSSR count). The molecule has 3 aromatic rings. The number of aliphatic hydroxyl groups is 1. The molecule has 0 aliphatic heterocycles. The molecule has 1 unspecified atom stereocenters. The van der Waals surface area contributed by atoms with Crippen LogP contribution in [-0.4, -0.2) is 16.6 Å². The summed E-state index contributed by atoms with van der Waals surface area (Å²) in [5.74, 6) is 4.14. The van der Waals surface area contributed by atoms with Gasteiger partial charge in [-0.05, 0) is 47.9 Å². The predicted octanol–water partition coefficient (Wildman–Crippen LogP) is 6.09. The quantitative estimate of drug-likeness (QED) is 0.421. The van der Waals surface area contributed by atoms with Gasteiger partial charge >= 0.3 is 0 Å². The number of hydrogen-bond acceptors (Lipinski definition) is 3. The van der Waals surface area contributed by atoms with E-state index in [2.05, 4.69) is 17.2 Å². The summed E-state index contributed by atoms with van der Waals surface area (Å²) in [6, 6.07) is 19.5. The van der Waals surface area contributed by atoms with Crippen LogP contribution in [0.4, 0.5) is 10.1 Å². The van der Waals surface area contributed by atoms with E-state index < -0.39 is 22.7 Å². The summed E-state index contributed by atoms with van der Waals surface area (Å²) >= 11 is 12.3. The Bertz CT molecular complexity index is 1300. The summed E-state index contributed by atoms with van der Waals surface area (Å²) in [5, 5.41) is 23.5. The first-order valence-electron chi connectivity index (χ1n) is 10.3. The van der Waals surface area contributed by atoms with Crippen LogP contribution in [0.1, 0.15) is 37.0 Å². The van der Waals surface area contributed by atoms with Crippen LogP contribution in [0.25, 0.3) is 0 Å². The molecule has 0 fully saturated rings. The lowest BCUT2D eigenvalue weighted by molar-refractivity contribution is -0.130. The molecule has 1 atom stereocenters. The Morgan fingerprint density at radius 3 is 2.38 bits per heavy atom. The van der Waals surface area contributed by atoms with Crippen molar-refractivity contribution in [3.63, 3.8) is 0 Å². The van der Waals surface area contributed by atoms with E-state index in [1.165, 1.54) is 30.3 Å². The molecule has 0 bridgehead atoms. The number of halogens is 3. The molecule has 172 valence electrons. The van der Waals surface area contributed by atoms with E-state index in [-0.39, 0.29) is 33.3 Å². The number of carbonyl (C=O) groups is 1. The molecule has 2 N–H and O–H groups in total. The Hall–Kier alpha value is -3.35. The van der Waals surface area contributed by atoms with Crippen LogP contribution in [-0.2, 0) is 10.2 Å². The number of carbonyl (C=O) groups excluding carboxylic acids is 1. The van der Waals surface area contributed by atoms with E-state index in [1.807, 2.05) is 12.1 Å². The van der Waals surface area contributed by atoms with Gasteiger partial charge in [-0.15, -0.1) is 0 Å². The lowest BCUT2D eigenvalue weighted by atomic mass is 9.74. The average Bonchev–Trinajstić information content (AvgIpc) is 2.78.